The molecule has 1 fully saturated rings. The summed E-state index contributed by atoms with van der Waals surface area (Å²) in [4.78, 5) is 26.5. The highest BCUT2D eigenvalue weighted by Gasteiger charge is 2.13. The summed E-state index contributed by atoms with van der Waals surface area (Å²) in [6.45, 7) is 4.61. The first-order valence-corrected chi connectivity index (χ1v) is 11.1. The molecule has 2 aromatic rings. The zero-order chi connectivity index (χ0) is 21.3. The van der Waals surface area contributed by atoms with Gasteiger partial charge in [-0.15, -0.1) is 0 Å². The van der Waals surface area contributed by atoms with E-state index in [0.717, 1.165) is 31.5 Å². The summed E-state index contributed by atoms with van der Waals surface area (Å²) in [7, 11) is 0. The monoisotopic (exact) mass is 427 g/mol. The molecule has 0 saturated carbocycles. The fourth-order valence-electron chi connectivity index (χ4n) is 3.64. The molecule has 0 radical (unpaired) electrons. The summed E-state index contributed by atoms with van der Waals surface area (Å²) in [6.07, 6.45) is 6.83. The molecular formula is C24H30ClN3O2. The van der Waals surface area contributed by atoms with E-state index in [4.69, 9.17) is 11.6 Å². The Bertz CT molecular complexity index is 859. The van der Waals surface area contributed by atoms with Crippen molar-refractivity contribution in [2.45, 2.75) is 45.4 Å². The number of aryl methyl sites for hydroxylation is 2. The lowest BCUT2D eigenvalue weighted by molar-refractivity contribution is -0.136. The molecule has 160 valence electrons. The number of benzene rings is 2. The van der Waals surface area contributed by atoms with Crippen LogP contribution in [0.5, 0.6) is 0 Å². The van der Waals surface area contributed by atoms with Crippen LogP contribution in [0.15, 0.2) is 42.5 Å². The fourth-order valence-corrected chi connectivity index (χ4v) is 3.82. The van der Waals surface area contributed by atoms with E-state index in [-0.39, 0.29) is 0 Å². The standard InChI is InChI=1S/C24H30ClN3O2/c1-18-8-11-20(17-22(18)25)27-24(30)23(29)26-14-6-7-19-9-12-21(13-10-19)28-15-4-2-3-5-16-28/h8-13,17H,2-7,14-16H2,1H3,(H,26,29)(H,27,30). The molecule has 5 nitrogen and oxygen atoms in total. The normalized spacial score (nSPS) is 14.1. The van der Waals surface area contributed by atoms with Crippen molar-refractivity contribution in [3.8, 4) is 0 Å². The highest BCUT2D eigenvalue weighted by atomic mass is 35.5. The number of carbonyl (C=O) groups excluding carboxylic acids is 2. The Morgan fingerprint density at radius 1 is 0.967 bits per heavy atom. The Kier molecular flexibility index (Phi) is 8.14. The number of nitrogens with one attached hydrogen (secondary N) is 2. The van der Waals surface area contributed by atoms with Crippen LogP contribution in [0.1, 0.15) is 43.2 Å². The van der Waals surface area contributed by atoms with Gasteiger partial charge in [-0.25, -0.2) is 0 Å². The minimum absolute atomic E-state index is 0.453. The lowest BCUT2D eigenvalue weighted by Gasteiger charge is -2.22. The first-order valence-electron chi connectivity index (χ1n) is 10.7. The van der Waals surface area contributed by atoms with Crippen LogP contribution < -0.4 is 15.5 Å². The van der Waals surface area contributed by atoms with Crippen LogP contribution in [0, 0.1) is 6.92 Å². The second-order valence-corrected chi connectivity index (χ2v) is 8.25. The maximum Gasteiger partial charge on any atom is 0.313 e. The van der Waals surface area contributed by atoms with E-state index in [9.17, 15) is 9.59 Å². The lowest BCUT2D eigenvalue weighted by atomic mass is 10.1. The van der Waals surface area contributed by atoms with Gasteiger partial charge in [0, 0.05) is 36.0 Å². The Labute approximate surface area is 183 Å². The molecule has 0 atom stereocenters. The SMILES string of the molecule is Cc1ccc(NC(=O)C(=O)NCCCc2ccc(N3CCCCCC3)cc2)cc1Cl. The third-order valence-electron chi connectivity index (χ3n) is 5.47. The van der Waals surface area contributed by atoms with E-state index < -0.39 is 11.8 Å². The number of amides is 2. The Balaban J connectivity index is 1.39. The van der Waals surface area contributed by atoms with Crippen molar-refractivity contribution < 1.29 is 9.59 Å². The van der Waals surface area contributed by atoms with Gasteiger partial charge in [0.15, 0.2) is 0 Å². The van der Waals surface area contributed by atoms with E-state index >= 15 is 0 Å². The van der Waals surface area contributed by atoms with E-state index in [0.29, 0.717) is 17.3 Å². The minimum Gasteiger partial charge on any atom is -0.372 e. The van der Waals surface area contributed by atoms with Crippen LogP contribution >= 0.6 is 11.6 Å². The predicted octanol–water partition coefficient (Wildman–Crippen LogP) is 4.72. The molecule has 30 heavy (non-hydrogen) atoms. The predicted molar refractivity (Wildman–Crippen MR) is 123 cm³/mol. The van der Waals surface area contributed by atoms with Crippen molar-refractivity contribution in [2.24, 2.45) is 0 Å². The van der Waals surface area contributed by atoms with Crippen molar-refractivity contribution in [2.75, 3.05) is 29.9 Å². The number of nitrogens with zero attached hydrogens (tertiary/aromatic N) is 1. The highest BCUT2D eigenvalue weighted by Crippen LogP contribution is 2.21. The molecule has 1 saturated heterocycles. The smallest absolute Gasteiger partial charge is 0.313 e. The van der Waals surface area contributed by atoms with Crippen LogP contribution in [0.25, 0.3) is 0 Å². The lowest BCUT2D eigenvalue weighted by Crippen LogP contribution is -2.36. The number of carbonyl (C=O) groups is 2. The van der Waals surface area contributed by atoms with E-state index in [1.165, 1.54) is 36.9 Å². The highest BCUT2D eigenvalue weighted by molar-refractivity contribution is 6.39. The summed E-state index contributed by atoms with van der Waals surface area (Å²) in [5.41, 5.74) is 3.96. The summed E-state index contributed by atoms with van der Waals surface area (Å²) in [5, 5.41) is 5.80. The topological polar surface area (TPSA) is 61.4 Å². The van der Waals surface area contributed by atoms with Crippen LogP contribution in [-0.2, 0) is 16.0 Å². The zero-order valence-electron chi connectivity index (χ0n) is 17.5. The van der Waals surface area contributed by atoms with Gasteiger partial charge in [-0.1, -0.05) is 42.6 Å². The average Bonchev–Trinajstić information content (AvgIpc) is 3.04. The van der Waals surface area contributed by atoms with Gasteiger partial charge in [-0.2, -0.15) is 0 Å². The van der Waals surface area contributed by atoms with Crippen molar-refractivity contribution in [1.82, 2.24) is 5.32 Å². The Morgan fingerprint density at radius 3 is 2.33 bits per heavy atom. The molecule has 0 bridgehead atoms. The molecule has 1 aliphatic heterocycles. The van der Waals surface area contributed by atoms with Gasteiger partial charge in [0.1, 0.15) is 0 Å². The van der Waals surface area contributed by atoms with Crippen molar-refractivity contribution in [3.63, 3.8) is 0 Å². The Morgan fingerprint density at radius 2 is 1.67 bits per heavy atom. The molecule has 0 aromatic heterocycles. The zero-order valence-corrected chi connectivity index (χ0v) is 18.3. The van der Waals surface area contributed by atoms with Crippen molar-refractivity contribution in [1.29, 1.82) is 0 Å². The molecule has 2 aromatic carbocycles. The van der Waals surface area contributed by atoms with Crippen LogP contribution in [-0.4, -0.2) is 31.4 Å². The summed E-state index contributed by atoms with van der Waals surface area (Å²) >= 11 is 6.04. The number of hydrogen-bond donors (Lipinski definition) is 2. The first-order chi connectivity index (χ1) is 14.5. The maximum absolute atomic E-state index is 12.0. The quantitative estimate of drug-likeness (QED) is 0.518. The second kappa shape index (κ2) is 11.0. The number of rotatable bonds is 6. The molecule has 0 unspecified atom stereocenters. The first kappa shape index (κ1) is 22.2. The number of halogens is 1. The molecule has 1 heterocycles. The largest absolute Gasteiger partial charge is 0.372 e. The van der Waals surface area contributed by atoms with Crippen molar-refractivity contribution in [3.05, 3.63) is 58.6 Å². The van der Waals surface area contributed by atoms with Crippen LogP contribution in [0.3, 0.4) is 0 Å². The van der Waals surface area contributed by atoms with Gasteiger partial charge < -0.3 is 15.5 Å². The van der Waals surface area contributed by atoms with Gasteiger partial charge >= 0.3 is 11.8 Å². The molecule has 6 heteroatoms. The maximum atomic E-state index is 12.0. The van der Waals surface area contributed by atoms with E-state index in [2.05, 4.69) is 39.8 Å². The molecule has 0 aliphatic carbocycles. The van der Waals surface area contributed by atoms with Crippen LogP contribution in [0.4, 0.5) is 11.4 Å². The van der Waals surface area contributed by atoms with E-state index in [1.807, 2.05) is 6.92 Å². The average molecular weight is 428 g/mol. The molecule has 2 N–H and O–H groups in total. The fraction of sp³-hybridized carbons (Fsp3) is 0.417. The third kappa shape index (κ3) is 6.49. The molecule has 0 spiro atoms. The number of hydrogen-bond acceptors (Lipinski definition) is 3. The second-order valence-electron chi connectivity index (χ2n) is 7.85. The van der Waals surface area contributed by atoms with Gasteiger partial charge in [0.25, 0.3) is 0 Å². The van der Waals surface area contributed by atoms with Gasteiger partial charge in [0.2, 0.25) is 0 Å². The van der Waals surface area contributed by atoms with E-state index in [1.54, 1.807) is 18.2 Å². The summed E-state index contributed by atoms with van der Waals surface area (Å²) in [6, 6.07) is 13.9. The van der Waals surface area contributed by atoms with Crippen molar-refractivity contribution >= 4 is 34.8 Å². The molecular weight excluding hydrogens is 398 g/mol. The number of anilines is 2. The third-order valence-corrected chi connectivity index (χ3v) is 5.88. The van der Waals surface area contributed by atoms with Gasteiger partial charge in [-0.05, 0) is 68.0 Å². The molecule has 1 aliphatic rings. The molecule has 3 rings (SSSR count). The van der Waals surface area contributed by atoms with Crippen LogP contribution in [0.2, 0.25) is 5.02 Å². The Hall–Kier alpha value is -2.53. The minimum atomic E-state index is -0.684. The summed E-state index contributed by atoms with van der Waals surface area (Å²) in [5.74, 6) is -1.32. The van der Waals surface area contributed by atoms with Gasteiger partial charge in [-0.3, -0.25) is 9.59 Å². The summed E-state index contributed by atoms with van der Waals surface area (Å²) < 4.78 is 0. The van der Waals surface area contributed by atoms with Gasteiger partial charge in [0.05, 0.1) is 0 Å². The molecule has 2 amide bonds.